The Morgan fingerprint density at radius 1 is 0.950 bits per heavy atom. The molecule has 5 saturated carbocycles. The lowest BCUT2D eigenvalue weighted by Gasteiger charge is -2.17. The first-order valence-corrected chi connectivity index (χ1v) is 8.18. The monoisotopic (exact) mass is 275 g/mol. The van der Waals surface area contributed by atoms with Crippen molar-refractivity contribution in [1.82, 2.24) is 5.32 Å². The number of hydrogen-bond acceptors (Lipinski definition) is 2. The molecular formula is C16H21NO3. The van der Waals surface area contributed by atoms with Gasteiger partial charge in [-0.25, -0.2) is 0 Å². The van der Waals surface area contributed by atoms with Crippen molar-refractivity contribution < 1.29 is 14.7 Å². The number of carbonyl (C=O) groups excluding carboxylic acids is 1. The summed E-state index contributed by atoms with van der Waals surface area (Å²) in [5.41, 5.74) is 0. The molecule has 0 aromatic rings. The number of carboxylic acids is 1. The lowest BCUT2D eigenvalue weighted by molar-refractivity contribution is -0.142. The molecule has 0 saturated heterocycles. The second-order valence-corrected chi connectivity index (χ2v) is 7.87. The zero-order chi connectivity index (χ0) is 13.6. The van der Waals surface area contributed by atoms with Crippen molar-refractivity contribution in [1.29, 1.82) is 0 Å². The Morgan fingerprint density at radius 2 is 1.65 bits per heavy atom. The predicted molar refractivity (Wildman–Crippen MR) is 70.6 cm³/mol. The van der Waals surface area contributed by atoms with Gasteiger partial charge in [-0.1, -0.05) is 0 Å². The quantitative estimate of drug-likeness (QED) is 0.820. The maximum absolute atomic E-state index is 12.5. The number of carboxylic acid groups (broad SMARTS) is 1. The topological polar surface area (TPSA) is 66.4 Å². The maximum Gasteiger partial charge on any atom is 0.306 e. The number of carbonyl (C=O) groups is 2. The standard InChI is InChI=1S/C16H21NO3/c18-15(14-12-6-1-2-7(3-6)13(12)14)17-11-5-10(16(19)20)8-4-9(8)11/h6-14H,1-5H2,(H,17,18)(H,19,20)/t6-,7+,8-,9+,10-,11+,12+,13-,14?/m1/s1. The molecule has 1 amide bonds. The number of rotatable bonds is 3. The van der Waals surface area contributed by atoms with Gasteiger partial charge in [0.1, 0.15) is 0 Å². The van der Waals surface area contributed by atoms with E-state index in [0.29, 0.717) is 30.1 Å². The molecule has 20 heavy (non-hydrogen) atoms. The molecule has 5 rings (SSSR count). The Kier molecular flexibility index (Phi) is 2.07. The molecule has 4 heteroatoms. The van der Waals surface area contributed by atoms with E-state index in [2.05, 4.69) is 5.32 Å². The molecule has 0 spiro atoms. The van der Waals surface area contributed by atoms with Crippen molar-refractivity contribution in [3.63, 3.8) is 0 Å². The predicted octanol–water partition coefficient (Wildman–Crippen LogP) is 1.50. The van der Waals surface area contributed by atoms with Gasteiger partial charge in [0.2, 0.25) is 5.91 Å². The normalized spacial score (nSPS) is 57.1. The second-order valence-electron chi connectivity index (χ2n) is 7.87. The van der Waals surface area contributed by atoms with Gasteiger partial charge in [0.25, 0.3) is 0 Å². The fourth-order valence-corrected chi connectivity index (χ4v) is 6.19. The highest BCUT2D eigenvalue weighted by Gasteiger charge is 2.68. The number of nitrogens with one attached hydrogen (secondary N) is 1. The summed E-state index contributed by atoms with van der Waals surface area (Å²) in [5.74, 6) is 3.45. The third-order valence-corrected chi connectivity index (χ3v) is 7.12. The van der Waals surface area contributed by atoms with Crippen molar-refractivity contribution in [3.05, 3.63) is 0 Å². The first-order valence-electron chi connectivity index (χ1n) is 8.18. The lowest BCUT2D eigenvalue weighted by atomic mass is 10.0. The third-order valence-electron chi connectivity index (χ3n) is 7.12. The van der Waals surface area contributed by atoms with E-state index >= 15 is 0 Å². The molecule has 9 atom stereocenters. The van der Waals surface area contributed by atoms with Crippen LogP contribution in [-0.2, 0) is 9.59 Å². The average Bonchev–Trinajstić information content (AvgIpc) is 3.25. The van der Waals surface area contributed by atoms with Gasteiger partial charge in [-0.05, 0) is 67.6 Å². The number of aliphatic carboxylic acids is 1. The van der Waals surface area contributed by atoms with Crippen LogP contribution in [0.15, 0.2) is 0 Å². The molecule has 0 aromatic carbocycles. The van der Waals surface area contributed by atoms with E-state index in [9.17, 15) is 14.7 Å². The number of amides is 1. The van der Waals surface area contributed by atoms with E-state index in [4.69, 9.17) is 0 Å². The molecule has 1 unspecified atom stereocenters. The van der Waals surface area contributed by atoms with E-state index in [1.54, 1.807) is 0 Å². The first-order chi connectivity index (χ1) is 9.65. The zero-order valence-corrected chi connectivity index (χ0v) is 11.5. The zero-order valence-electron chi connectivity index (χ0n) is 11.5. The van der Waals surface area contributed by atoms with Crippen molar-refractivity contribution in [2.45, 2.75) is 38.1 Å². The van der Waals surface area contributed by atoms with Crippen LogP contribution in [0, 0.1) is 47.3 Å². The van der Waals surface area contributed by atoms with Crippen LogP contribution in [0.1, 0.15) is 32.1 Å². The van der Waals surface area contributed by atoms with Crippen LogP contribution < -0.4 is 5.32 Å². The molecule has 2 N–H and O–H groups in total. The molecule has 0 aliphatic heterocycles. The van der Waals surface area contributed by atoms with Gasteiger partial charge in [0.05, 0.1) is 5.92 Å². The van der Waals surface area contributed by atoms with Crippen molar-refractivity contribution in [2.24, 2.45) is 47.3 Å². The van der Waals surface area contributed by atoms with Crippen LogP contribution in [0.4, 0.5) is 0 Å². The summed E-state index contributed by atoms with van der Waals surface area (Å²) in [6, 6.07) is 0.146. The van der Waals surface area contributed by atoms with Gasteiger partial charge < -0.3 is 10.4 Å². The van der Waals surface area contributed by atoms with E-state index < -0.39 is 5.97 Å². The van der Waals surface area contributed by atoms with E-state index in [0.717, 1.165) is 18.3 Å². The van der Waals surface area contributed by atoms with Crippen molar-refractivity contribution in [3.8, 4) is 0 Å². The summed E-state index contributed by atoms with van der Waals surface area (Å²) < 4.78 is 0. The molecule has 5 fully saturated rings. The van der Waals surface area contributed by atoms with Crippen LogP contribution in [0.3, 0.4) is 0 Å². The molecule has 0 heterocycles. The van der Waals surface area contributed by atoms with E-state index in [1.165, 1.54) is 19.3 Å². The highest BCUT2D eigenvalue weighted by Crippen LogP contribution is 2.69. The molecule has 0 radical (unpaired) electrons. The van der Waals surface area contributed by atoms with Crippen molar-refractivity contribution in [2.75, 3.05) is 0 Å². The summed E-state index contributed by atoms with van der Waals surface area (Å²) in [4.78, 5) is 23.6. The molecule has 2 bridgehead atoms. The fraction of sp³-hybridized carbons (Fsp3) is 0.875. The smallest absolute Gasteiger partial charge is 0.306 e. The van der Waals surface area contributed by atoms with Crippen LogP contribution in [0.2, 0.25) is 0 Å². The highest BCUT2D eigenvalue weighted by atomic mass is 16.4. The first kappa shape index (κ1) is 11.6. The van der Waals surface area contributed by atoms with Gasteiger partial charge in [0, 0.05) is 12.0 Å². The molecule has 108 valence electrons. The van der Waals surface area contributed by atoms with Crippen LogP contribution in [0.25, 0.3) is 0 Å². The molecule has 0 aromatic heterocycles. The minimum absolute atomic E-state index is 0.146. The largest absolute Gasteiger partial charge is 0.481 e. The summed E-state index contributed by atoms with van der Waals surface area (Å²) in [7, 11) is 0. The molecule has 5 aliphatic carbocycles. The van der Waals surface area contributed by atoms with E-state index in [-0.39, 0.29) is 23.8 Å². The summed E-state index contributed by atoms with van der Waals surface area (Å²) >= 11 is 0. The minimum Gasteiger partial charge on any atom is -0.481 e. The Balaban J connectivity index is 1.24. The molecule has 4 nitrogen and oxygen atoms in total. The Labute approximate surface area is 118 Å². The average molecular weight is 275 g/mol. The van der Waals surface area contributed by atoms with Gasteiger partial charge in [-0.2, -0.15) is 0 Å². The Hall–Kier alpha value is -1.06. The summed E-state index contributed by atoms with van der Waals surface area (Å²) in [5, 5.41) is 12.4. The van der Waals surface area contributed by atoms with Gasteiger partial charge in [-0.15, -0.1) is 0 Å². The van der Waals surface area contributed by atoms with E-state index in [1.807, 2.05) is 0 Å². The van der Waals surface area contributed by atoms with Gasteiger partial charge in [0.15, 0.2) is 0 Å². The van der Waals surface area contributed by atoms with Crippen LogP contribution in [-0.4, -0.2) is 23.0 Å². The number of fused-ring (bicyclic) bond motifs is 6. The van der Waals surface area contributed by atoms with Gasteiger partial charge in [-0.3, -0.25) is 9.59 Å². The SMILES string of the molecule is O=C(N[C@H]1C[C@@H](C(=O)O)[C@@H]2C[C@@H]21)C1[C@@H]2[C@H]3CC[C@H](C3)[C@H]12. The Bertz CT molecular complexity index is 488. The summed E-state index contributed by atoms with van der Waals surface area (Å²) in [6.07, 6.45) is 5.71. The summed E-state index contributed by atoms with van der Waals surface area (Å²) in [6.45, 7) is 0. The lowest BCUT2D eigenvalue weighted by Crippen LogP contribution is -2.38. The number of hydrogen-bond donors (Lipinski definition) is 2. The molecule has 5 aliphatic rings. The fourth-order valence-electron chi connectivity index (χ4n) is 6.19. The van der Waals surface area contributed by atoms with Crippen LogP contribution >= 0.6 is 0 Å². The Morgan fingerprint density at radius 3 is 2.25 bits per heavy atom. The second kappa shape index (κ2) is 3.58. The third kappa shape index (κ3) is 1.38. The minimum atomic E-state index is -0.671. The molecular weight excluding hydrogens is 254 g/mol. The van der Waals surface area contributed by atoms with Gasteiger partial charge >= 0.3 is 5.97 Å². The van der Waals surface area contributed by atoms with Crippen molar-refractivity contribution >= 4 is 11.9 Å². The maximum atomic E-state index is 12.5. The highest BCUT2D eigenvalue weighted by molar-refractivity contribution is 5.83. The van der Waals surface area contributed by atoms with Crippen LogP contribution in [0.5, 0.6) is 0 Å².